The van der Waals surface area contributed by atoms with Crippen molar-refractivity contribution in [2.24, 2.45) is 0 Å². The number of rotatable bonds is 2. The van der Waals surface area contributed by atoms with Crippen molar-refractivity contribution in [2.45, 2.75) is 13.8 Å². The molecule has 3 N–H and O–H groups in total. The molecule has 5 nitrogen and oxygen atoms in total. The summed E-state index contributed by atoms with van der Waals surface area (Å²) >= 11 is 12.5. The van der Waals surface area contributed by atoms with Crippen molar-refractivity contribution in [3.8, 4) is 11.3 Å². The van der Waals surface area contributed by atoms with Crippen molar-refractivity contribution in [3.05, 3.63) is 27.2 Å². The molecule has 0 amide bonds. The summed E-state index contributed by atoms with van der Waals surface area (Å²) in [7, 11) is 1.73. The number of aryl methyl sites for hydroxylation is 1. The second-order valence-corrected chi connectivity index (χ2v) is 4.87. The minimum absolute atomic E-state index is 0.0964. The van der Waals surface area contributed by atoms with Crippen molar-refractivity contribution >= 4 is 35.0 Å². The van der Waals surface area contributed by atoms with E-state index in [-0.39, 0.29) is 5.95 Å². The Morgan fingerprint density at radius 1 is 1.16 bits per heavy atom. The van der Waals surface area contributed by atoms with E-state index in [4.69, 9.17) is 28.9 Å². The molecule has 0 spiro atoms. The van der Waals surface area contributed by atoms with Crippen LogP contribution in [-0.4, -0.2) is 22.2 Å². The first-order chi connectivity index (χ1) is 8.95. The first-order valence-corrected chi connectivity index (χ1v) is 6.34. The SMILES string of the molecule is CNc1nc(N)nnc1-c1cc(C)c(C)c(Cl)c1Cl. The highest BCUT2D eigenvalue weighted by Gasteiger charge is 2.17. The van der Waals surface area contributed by atoms with E-state index < -0.39 is 0 Å². The summed E-state index contributed by atoms with van der Waals surface area (Å²) in [6.07, 6.45) is 0. The van der Waals surface area contributed by atoms with Gasteiger partial charge in [-0.2, -0.15) is 4.98 Å². The van der Waals surface area contributed by atoms with E-state index in [0.29, 0.717) is 27.1 Å². The fraction of sp³-hybridized carbons (Fsp3) is 0.250. The van der Waals surface area contributed by atoms with Gasteiger partial charge in [-0.1, -0.05) is 23.2 Å². The third-order valence-electron chi connectivity index (χ3n) is 2.91. The Morgan fingerprint density at radius 3 is 2.47 bits per heavy atom. The lowest BCUT2D eigenvalue weighted by molar-refractivity contribution is 0.993. The van der Waals surface area contributed by atoms with E-state index >= 15 is 0 Å². The predicted octanol–water partition coefficient (Wildman–Crippen LogP) is 3.09. The minimum atomic E-state index is 0.0964. The zero-order chi connectivity index (χ0) is 14.2. The highest BCUT2D eigenvalue weighted by molar-refractivity contribution is 6.44. The summed E-state index contributed by atoms with van der Waals surface area (Å²) in [5, 5.41) is 11.7. The van der Waals surface area contributed by atoms with E-state index in [9.17, 15) is 0 Å². The van der Waals surface area contributed by atoms with Gasteiger partial charge in [0.05, 0.1) is 10.0 Å². The molecule has 0 saturated heterocycles. The van der Waals surface area contributed by atoms with Gasteiger partial charge in [-0.15, -0.1) is 10.2 Å². The highest BCUT2D eigenvalue weighted by atomic mass is 35.5. The van der Waals surface area contributed by atoms with Gasteiger partial charge in [-0.3, -0.25) is 0 Å². The van der Waals surface area contributed by atoms with Gasteiger partial charge in [0.1, 0.15) is 5.69 Å². The van der Waals surface area contributed by atoms with Crippen molar-refractivity contribution in [1.29, 1.82) is 0 Å². The van der Waals surface area contributed by atoms with Crippen molar-refractivity contribution in [1.82, 2.24) is 15.2 Å². The molecule has 0 aliphatic rings. The highest BCUT2D eigenvalue weighted by Crippen LogP contribution is 2.38. The Morgan fingerprint density at radius 2 is 1.84 bits per heavy atom. The maximum Gasteiger partial charge on any atom is 0.242 e. The number of anilines is 2. The number of aromatic nitrogens is 3. The topological polar surface area (TPSA) is 76.7 Å². The molecule has 0 radical (unpaired) electrons. The summed E-state index contributed by atoms with van der Waals surface area (Å²) < 4.78 is 0. The van der Waals surface area contributed by atoms with E-state index in [1.165, 1.54) is 0 Å². The van der Waals surface area contributed by atoms with Crippen LogP contribution in [0.1, 0.15) is 11.1 Å². The Kier molecular flexibility index (Phi) is 3.78. The molecular weight excluding hydrogens is 285 g/mol. The van der Waals surface area contributed by atoms with E-state index in [0.717, 1.165) is 11.1 Å². The largest absolute Gasteiger partial charge is 0.371 e. The number of benzene rings is 1. The Bertz CT molecular complexity index is 643. The second kappa shape index (κ2) is 5.19. The molecule has 0 aliphatic heterocycles. The van der Waals surface area contributed by atoms with Crippen LogP contribution < -0.4 is 11.1 Å². The van der Waals surface area contributed by atoms with Crippen molar-refractivity contribution in [3.63, 3.8) is 0 Å². The van der Waals surface area contributed by atoms with Crippen LogP contribution >= 0.6 is 23.2 Å². The van der Waals surface area contributed by atoms with Crippen LogP contribution in [0.2, 0.25) is 10.0 Å². The number of nitrogens with two attached hydrogens (primary N) is 1. The fourth-order valence-corrected chi connectivity index (χ4v) is 2.25. The Balaban J connectivity index is 2.72. The average molecular weight is 298 g/mol. The van der Waals surface area contributed by atoms with Crippen molar-refractivity contribution < 1.29 is 0 Å². The molecule has 0 fully saturated rings. The summed E-state index contributed by atoms with van der Waals surface area (Å²) in [6, 6.07) is 1.91. The molecule has 0 atom stereocenters. The van der Waals surface area contributed by atoms with Crippen molar-refractivity contribution in [2.75, 3.05) is 18.1 Å². The van der Waals surface area contributed by atoms with Crippen LogP contribution in [0.5, 0.6) is 0 Å². The molecule has 1 aromatic carbocycles. The van der Waals surface area contributed by atoms with Gasteiger partial charge in [-0.05, 0) is 31.0 Å². The number of nitrogens with one attached hydrogen (secondary N) is 1. The normalized spacial score (nSPS) is 10.6. The third kappa shape index (κ3) is 2.43. The second-order valence-electron chi connectivity index (χ2n) is 4.11. The lowest BCUT2D eigenvalue weighted by Gasteiger charge is -2.12. The zero-order valence-electron chi connectivity index (χ0n) is 10.8. The van der Waals surface area contributed by atoms with Gasteiger partial charge in [0.15, 0.2) is 5.82 Å². The van der Waals surface area contributed by atoms with E-state index in [1.807, 2.05) is 19.9 Å². The average Bonchev–Trinajstić information content (AvgIpc) is 2.40. The fourth-order valence-electron chi connectivity index (χ4n) is 1.71. The summed E-state index contributed by atoms with van der Waals surface area (Å²) in [4.78, 5) is 4.08. The van der Waals surface area contributed by atoms with E-state index in [1.54, 1.807) is 7.05 Å². The number of hydrogen-bond donors (Lipinski definition) is 2. The van der Waals surface area contributed by atoms with Gasteiger partial charge in [0.2, 0.25) is 5.95 Å². The van der Waals surface area contributed by atoms with Crippen LogP contribution in [-0.2, 0) is 0 Å². The summed E-state index contributed by atoms with van der Waals surface area (Å²) in [5.41, 5.74) is 8.68. The van der Waals surface area contributed by atoms with Gasteiger partial charge < -0.3 is 11.1 Å². The molecule has 0 aliphatic carbocycles. The monoisotopic (exact) mass is 297 g/mol. The summed E-state index contributed by atoms with van der Waals surface area (Å²) in [5.74, 6) is 0.605. The maximum absolute atomic E-state index is 6.29. The molecule has 1 aromatic heterocycles. The van der Waals surface area contributed by atoms with Crippen LogP contribution in [0.25, 0.3) is 11.3 Å². The number of hydrogen-bond acceptors (Lipinski definition) is 5. The molecule has 0 saturated carbocycles. The predicted molar refractivity (Wildman–Crippen MR) is 78.7 cm³/mol. The molecular formula is C12H13Cl2N5. The molecule has 7 heteroatoms. The first-order valence-electron chi connectivity index (χ1n) is 5.59. The maximum atomic E-state index is 6.29. The van der Waals surface area contributed by atoms with Gasteiger partial charge in [0, 0.05) is 12.6 Å². The first kappa shape index (κ1) is 13.8. The minimum Gasteiger partial charge on any atom is -0.371 e. The lowest BCUT2D eigenvalue weighted by atomic mass is 10.0. The van der Waals surface area contributed by atoms with Crippen LogP contribution in [0.4, 0.5) is 11.8 Å². The van der Waals surface area contributed by atoms with Crippen LogP contribution in [0.15, 0.2) is 6.07 Å². The molecule has 0 unspecified atom stereocenters. The summed E-state index contributed by atoms with van der Waals surface area (Å²) in [6.45, 7) is 3.87. The smallest absolute Gasteiger partial charge is 0.242 e. The number of nitrogens with zero attached hydrogens (tertiary/aromatic N) is 3. The number of halogens is 2. The molecule has 2 rings (SSSR count). The molecule has 100 valence electrons. The molecule has 2 aromatic rings. The molecule has 0 bridgehead atoms. The standard InChI is InChI=1S/C12H13Cl2N5/c1-5-4-7(9(14)8(13)6(5)2)10-11(16-3)17-12(15)19-18-10/h4H,1-3H3,(H3,15,16,17,19). The quantitative estimate of drug-likeness (QED) is 0.891. The zero-order valence-corrected chi connectivity index (χ0v) is 12.3. The van der Waals surface area contributed by atoms with Gasteiger partial charge in [-0.25, -0.2) is 0 Å². The van der Waals surface area contributed by atoms with Crippen LogP contribution in [0.3, 0.4) is 0 Å². The third-order valence-corrected chi connectivity index (χ3v) is 3.87. The Labute approximate surface area is 121 Å². The van der Waals surface area contributed by atoms with E-state index in [2.05, 4.69) is 20.5 Å². The van der Waals surface area contributed by atoms with Gasteiger partial charge in [0.25, 0.3) is 0 Å². The molecule has 1 heterocycles. The number of nitrogen functional groups attached to an aromatic ring is 1. The van der Waals surface area contributed by atoms with Crippen LogP contribution in [0, 0.1) is 13.8 Å². The van der Waals surface area contributed by atoms with Gasteiger partial charge >= 0.3 is 0 Å². The lowest BCUT2D eigenvalue weighted by Crippen LogP contribution is -2.05. The Hall–Kier alpha value is -1.59. The molecule has 19 heavy (non-hydrogen) atoms.